The van der Waals surface area contributed by atoms with Crippen LogP contribution in [0, 0.1) is 0 Å². The Morgan fingerprint density at radius 1 is 1.21 bits per heavy atom. The highest BCUT2D eigenvalue weighted by molar-refractivity contribution is 7.89. The van der Waals surface area contributed by atoms with Crippen LogP contribution in [0.4, 0.5) is 0 Å². The average molecular weight is 299 g/mol. The summed E-state index contributed by atoms with van der Waals surface area (Å²) >= 11 is 5.60. The van der Waals surface area contributed by atoms with Gasteiger partial charge in [0.15, 0.2) is 0 Å². The first-order valence-electron chi connectivity index (χ1n) is 5.41. The topological polar surface area (TPSA) is 79.0 Å². The highest BCUT2D eigenvalue weighted by Crippen LogP contribution is 2.11. The Bertz CT molecular complexity index is 726. The maximum atomic E-state index is 12.0. The lowest BCUT2D eigenvalue weighted by molar-refractivity contribution is 0.581. The molecule has 2 rings (SSSR count). The number of hydrogen-bond acceptors (Lipinski definition) is 3. The van der Waals surface area contributed by atoms with E-state index in [1.54, 1.807) is 0 Å². The number of rotatable bonds is 4. The van der Waals surface area contributed by atoms with E-state index in [4.69, 9.17) is 11.6 Å². The van der Waals surface area contributed by atoms with E-state index in [1.807, 2.05) is 30.3 Å². The second kappa shape index (κ2) is 5.56. The molecule has 2 N–H and O–H groups in total. The van der Waals surface area contributed by atoms with Gasteiger partial charge in [-0.05, 0) is 11.6 Å². The molecule has 0 amide bonds. The first-order valence-corrected chi connectivity index (χ1v) is 7.27. The van der Waals surface area contributed by atoms with Crippen LogP contribution in [0.25, 0.3) is 0 Å². The minimum Gasteiger partial charge on any atom is -0.326 e. The zero-order valence-electron chi connectivity index (χ0n) is 9.76. The summed E-state index contributed by atoms with van der Waals surface area (Å²) in [7, 11) is -3.70. The molecule has 19 heavy (non-hydrogen) atoms. The Kier molecular flexibility index (Phi) is 4.04. The van der Waals surface area contributed by atoms with Crippen molar-refractivity contribution in [3.8, 4) is 0 Å². The summed E-state index contributed by atoms with van der Waals surface area (Å²) in [4.78, 5) is 13.3. The van der Waals surface area contributed by atoms with Gasteiger partial charge in [-0.25, -0.2) is 13.1 Å². The molecule has 1 aromatic heterocycles. The fraction of sp³-hybridized carbons (Fsp3) is 0.0833. The summed E-state index contributed by atoms with van der Waals surface area (Å²) in [6.45, 7) is 0.167. The van der Waals surface area contributed by atoms with Gasteiger partial charge in [0, 0.05) is 12.7 Å². The average Bonchev–Trinajstić information content (AvgIpc) is 2.41. The van der Waals surface area contributed by atoms with Crippen molar-refractivity contribution < 1.29 is 8.42 Å². The van der Waals surface area contributed by atoms with Crippen LogP contribution in [-0.4, -0.2) is 13.4 Å². The van der Waals surface area contributed by atoms with E-state index in [0.29, 0.717) is 0 Å². The number of pyridine rings is 1. The highest BCUT2D eigenvalue weighted by atomic mass is 35.5. The summed E-state index contributed by atoms with van der Waals surface area (Å²) in [5, 5.41) is -0.164. The highest BCUT2D eigenvalue weighted by Gasteiger charge is 2.15. The number of benzene rings is 1. The van der Waals surface area contributed by atoms with Crippen molar-refractivity contribution in [2.45, 2.75) is 11.4 Å². The molecule has 1 heterocycles. The summed E-state index contributed by atoms with van der Waals surface area (Å²) in [6.07, 6.45) is 1.11. The van der Waals surface area contributed by atoms with E-state index in [2.05, 4.69) is 9.71 Å². The monoisotopic (exact) mass is 298 g/mol. The molecule has 100 valence electrons. The number of aromatic nitrogens is 1. The third-order valence-corrected chi connectivity index (χ3v) is 4.11. The van der Waals surface area contributed by atoms with Gasteiger partial charge in [0.25, 0.3) is 5.56 Å². The fourth-order valence-corrected chi connectivity index (χ4v) is 2.70. The molecule has 7 heteroatoms. The summed E-state index contributed by atoms with van der Waals surface area (Å²) in [5.41, 5.74) is 0.310. The number of aromatic amines is 1. The molecule has 0 aliphatic heterocycles. The molecule has 0 fully saturated rings. The van der Waals surface area contributed by atoms with Gasteiger partial charge in [-0.15, -0.1) is 0 Å². The molecular formula is C12H11ClN2O3S. The molecule has 0 spiro atoms. The van der Waals surface area contributed by atoms with Crippen LogP contribution in [0.3, 0.4) is 0 Å². The Labute approximate surface area is 115 Å². The van der Waals surface area contributed by atoms with Crippen LogP contribution >= 0.6 is 11.6 Å². The number of sulfonamides is 1. The maximum absolute atomic E-state index is 12.0. The third kappa shape index (κ3) is 3.44. The van der Waals surface area contributed by atoms with Gasteiger partial charge in [0.1, 0.15) is 5.02 Å². The normalized spacial score (nSPS) is 11.4. The van der Waals surface area contributed by atoms with Gasteiger partial charge in [-0.1, -0.05) is 41.9 Å². The van der Waals surface area contributed by atoms with Crippen molar-refractivity contribution in [2.75, 3.05) is 0 Å². The third-order valence-electron chi connectivity index (χ3n) is 2.45. The van der Waals surface area contributed by atoms with E-state index in [0.717, 1.165) is 17.8 Å². The van der Waals surface area contributed by atoms with E-state index < -0.39 is 15.6 Å². The van der Waals surface area contributed by atoms with Crippen LogP contribution < -0.4 is 10.3 Å². The molecule has 0 bridgehead atoms. The molecule has 5 nitrogen and oxygen atoms in total. The lowest BCUT2D eigenvalue weighted by Gasteiger charge is -2.06. The molecule has 0 aliphatic carbocycles. The molecule has 0 radical (unpaired) electrons. The van der Waals surface area contributed by atoms with Gasteiger partial charge in [0.05, 0.1) is 4.90 Å². The Balaban J connectivity index is 2.19. The summed E-state index contributed by atoms with van der Waals surface area (Å²) in [6, 6.07) is 10.2. The number of nitrogens with one attached hydrogen (secondary N) is 2. The van der Waals surface area contributed by atoms with Crippen molar-refractivity contribution in [3.05, 3.63) is 63.5 Å². The maximum Gasteiger partial charge on any atom is 0.266 e. The largest absolute Gasteiger partial charge is 0.326 e. The van der Waals surface area contributed by atoms with Gasteiger partial charge >= 0.3 is 0 Å². The Hall–Kier alpha value is -1.63. The zero-order valence-corrected chi connectivity index (χ0v) is 11.3. The molecule has 0 atom stereocenters. The van der Waals surface area contributed by atoms with Crippen LogP contribution in [0.5, 0.6) is 0 Å². The molecule has 1 aromatic carbocycles. The minimum absolute atomic E-state index is 0.0759. The van der Waals surface area contributed by atoms with Crippen LogP contribution in [0.1, 0.15) is 5.56 Å². The lowest BCUT2D eigenvalue weighted by atomic mass is 10.2. The molecular weight excluding hydrogens is 288 g/mol. The summed E-state index contributed by atoms with van der Waals surface area (Å²) < 4.78 is 26.4. The number of halogens is 1. The van der Waals surface area contributed by atoms with Crippen LogP contribution in [0.2, 0.25) is 5.02 Å². The smallest absolute Gasteiger partial charge is 0.266 e. The predicted octanol–water partition coefficient (Wildman–Crippen LogP) is 1.51. The van der Waals surface area contributed by atoms with Gasteiger partial charge in [0.2, 0.25) is 10.0 Å². The van der Waals surface area contributed by atoms with Crippen LogP contribution in [-0.2, 0) is 16.6 Å². The molecule has 0 aliphatic rings. The summed E-state index contributed by atoms with van der Waals surface area (Å²) in [5.74, 6) is 0. The number of hydrogen-bond donors (Lipinski definition) is 2. The quantitative estimate of drug-likeness (QED) is 0.898. The standard InChI is InChI=1S/C12H11ClN2O3S/c13-11-6-10(8-14-12(11)16)19(17,18)15-7-9-4-2-1-3-5-9/h1-6,8,15H,7H2,(H,14,16). The van der Waals surface area contributed by atoms with Crippen molar-refractivity contribution >= 4 is 21.6 Å². The van der Waals surface area contributed by atoms with Crippen molar-refractivity contribution in [3.63, 3.8) is 0 Å². The SMILES string of the molecule is O=c1[nH]cc(S(=O)(=O)NCc2ccccc2)cc1Cl. The first-order chi connectivity index (χ1) is 8.99. The van der Waals surface area contributed by atoms with Crippen molar-refractivity contribution in [1.29, 1.82) is 0 Å². The minimum atomic E-state index is -3.70. The molecule has 0 unspecified atom stereocenters. The Morgan fingerprint density at radius 3 is 2.53 bits per heavy atom. The second-order valence-electron chi connectivity index (χ2n) is 3.82. The van der Waals surface area contributed by atoms with E-state index in [-0.39, 0.29) is 16.5 Å². The van der Waals surface area contributed by atoms with E-state index in [1.165, 1.54) is 0 Å². The van der Waals surface area contributed by atoms with E-state index in [9.17, 15) is 13.2 Å². The molecule has 2 aromatic rings. The second-order valence-corrected chi connectivity index (χ2v) is 6.00. The number of H-pyrrole nitrogens is 1. The molecule has 0 saturated heterocycles. The predicted molar refractivity (Wildman–Crippen MR) is 72.5 cm³/mol. The van der Waals surface area contributed by atoms with Crippen molar-refractivity contribution in [1.82, 2.24) is 9.71 Å². The van der Waals surface area contributed by atoms with Crippen molar-refractivity contribution in [2.24, 2.45) is 0 Å². The van der Waals surface area contributed by atoms with Gasteiger partial charge < -0.3 is 4.98 Å². The molecule has 0 saturated carbocycles. The lowest BCUT2D eigenvalue weighted by Crippen LogP contribution is -2.24. The Morgan fingerprint density at radius 2 is 1.89 bits per heavy atom. The van der Waals surface area contributed by atoms with Gasteiger partial charge in [-0.2, -0.15) is 0 Å². The van der Waals surface area contributed by atoms with E-state index >= 15 is 0 Å². The van der Waals surface area contributed by atoms with Crippen LogP contribution in [0.15, 0.2) is 52.3 Å². The fourth-order valence-electron chi connectivity index (χ4n) is 1.45. The van der Waals surface area contributed by atoms with Gasteiger partial charge in [-0.3, -0.25) is 4.79 Å². The first kappa shape index (κ1) is 13.8. The zero-order chi connectivity index (χ0) is 13.9.